The Balaban J connectivity index is 2.20. The quantitative estimate of drug-likeness (QED) is 0.679. The summed E-state index contributed by atoms with van der Waals surface area (Å²) in [5, 5.41) is 10.1. The zero-order valence-electron chi connectivity index (χ0n) is 15.0. The van der Waals surface area contributed by atoms with E-state index in [-0.39, 0.29) is 5.82 Å². The van der Waals surface area contributed by atoms with Crippen LogP contribution in [0.1, 0.15) is 12.5 Å². The van der Waals surface area contributed by atoms with Gasteiger partial charge in [0.2, 0.25) is 0 Å². The summed E-state index contributed by atoms with van der Waals surface area (Å²) in [5.41, 5.74) is 9.14. The van der Waals surface area contributed by atoms with E-state index < -0.39 is 0 Å². The van der Waals surface area contributed by atoms with E-state index in [2.05, 4.69) is 11.1 Å². The van der Waals surface area contributed by atoms with Crippen LogP contribution < -0.4 is 15.2 Å². The van der Waals surface area contributed by atoms with Gasteiger partial charge in [0.15, 0.2) is 11.5 Å². The van der Waals surface area contributed by atoms with Crippen molar-refractivity contribution in [1.82, 2.24) is 4.98 Å². The number of nitrogens with zero attached hydrogens (tertiary/aromatic N) is 2. The molecular weight excluding hydrogens is 362 g/mol. The van der Waals surface area contributed by atoms with Gasteiger partial charge < -0.3 is 15.2 Å². The molecular formula is C21H18ClN3O2. The molecule has 2 N–H and O–H groups in total. The third-order valence-electron chi connectivity index (χ3n) is 4.08. The van der Waals surface area contributed by atoms with Crippen molar-refractivity contribution in [2.24, 2.45) is 0 Å². The molecule has 27 heavy (non-hydrogen) atoms. The standard InChI is InChI=1S/C21H18ClN3O2/c1-3-27-19-9-8-13(10-20(19)26-2)15-11-18(25-21(24)16(15)12-23)14-6-4-5-7-17(14)22/h4-11H,3H2,1-2H3,(H2,24,25). The maximum absolute atomic E-state index is 9.59. The lowest BCUT2D eigenvalue weighted by Gasteiger charge is -2.14. The van der Waals surface area contributed by atoms with Crippen LogP contribution in [0.15, 0.2) is 48.5 Å². The van der Waals surface area contributed by atoms with Crippen LogP contribution >= 0.6 is 11.6 Å². The van der Waals surface area contributed by atoms with E-state index in [9.17, 15) is 5.26 Å². The maximum Gasteiger partial charge on any atom is 0.161 e. The van der Waals surface area contributed by atoms with E-state index in [4.69, 9.17) is 26.8 Å². The molecule has 0 aliphatic rings. The highest BCUT2D eigenvalue weighted by Crippen LogP contribution is 2.37. The Morgan fingerprint density at radius 2 is 1.89 bits per heavy atom. The normalized spacial score (nSPS) is 10.3. The minimum absolute atomic E-state index is 0.151. The molecule has 3 rings (SSSR count). The molecule has 136 valence electrons. The average Bonchev–Trinajstić information content (AvgIpc) is 2.68. The van der Waals surface area contributed by atoms with Gasteiger partial charge in [-0.15, -0.1) is 0 Å². The number of ether oxygens (including phenoxy) is 2. The van der Waals surface area contributed by atoms with E-state index in [1.807, 2.05) is 49.4 Å². The zero-order valence-corrected chi connectivity index (χ0v) is 15.7. The summed E-state index contributed by atoms with van der Waals surface area (Å²) >= 11 is 6.30. The average molecular weight is 380 g/mol. The zero-order chi connectivity index (χ0) is 19.4. The minimum Gasteiger partial charge on any atom is -0.493 e. The monoisotopic (exact) mass is 379 g/mol. The number of nitriles is 1. The molecule has 0 aliphatic carbocycles. The minimum atomic E-state index is 0.151. The van der Waals surface area contributed by atoms with Crippen LogP contribution in [-0.4, -0.2) is 18.7 Å². The van der Waals surface area contributed by atoms with E-state index in [0.717, 1.165) is 11.1 Å². The molecule has 0 saturated heterocycles. The molecule has 3 aromatic rings. The molecule has 0 fully saturated rings. The molecule has 0 amide bonds. The van der Waals surface area contributed by atoms with E-state index in [1.54, 1.807) is 13.2 Å². The third kappa shape index (κ3) is 3.67. The smallest absolute Gasteiger partial charge is 0.161 e. The third-order valence-corrected chi connectivity index (χ3v) is 4.41. The molecule has 0 unspecified atom stereocenters. The topological polar surface area (TPSA) is 81.2 Å². The first-order valence-corrected chi connectivity index (χ1v) is 8.73. The molecule has 2 aromatic carbocycles. The van der Waals surface area contributed by atoms with Crippen molar-refractivity contribution in [3.8, 4) is 40.0 Å². The predicted molar refractivity (Wildman–Crippen MR) is 107 cm³/mol. The maximum atomic E-state index is 9.59. The SMILES string of the molecule is CCOc1ccc(-c2cc(-c3ccccc3Cl)nc(N)c2C#N)cc1OC. The van der Waals surface area contributed by atoms with Gasteiger partial charge in [-0.3, -0.25) is 0 Å². The van der Waals surface area contributed by atoms with Gasteiger partial charge in [-0.05, 0) is 36.8 Å². The first-order valence-electron chi connectivity index (χ1n) is 8.35. The summed E-state index contributed by atoms with van der Waals surface area (Å²) in [6.07, 6.45) is 0. The van der Waals surface area contributed by atoms with Crippen molar-refractivity contribution in [3.63, 3.8) is 0 Å². The van der Waals surface area contributed by atoms with Crippen molar-refractivity contribution in [1.29, 1.82) is 5.26 Å². The Bertz CT molecular complexity index is 1030. The summed E-state index contributed by atoms with van der Waals surface area (Å²) in [6.45, 7) is 2.43. The molecule has 6 heteroatoms. The van der Waals surface area contributed by atoms with Crippen molar-refractivity contribution >= 4 is 17.4 Å². The van der Waals surface area contributed by atoms with Crippen LogP contribution in [0.25, 0.3) is 22.4 Å². The van der Waals surface area contributed by atoms with Gasteiger partial charge in [-0.2, -0.15) is 5.26 Å². The lowest BCUT2D eigenvalue weighted by atomic mass is 9.98. The molecule has 5 nitrogen and oxygen atoms in total. The van der Waals surface area contributed by atoms with Crippen LogP contribution in [0.3, 0.4) is 0 Å². The predicted octanol–water partition coefficient (Wildman–Crippen LogP) is 4.93. The second-order valence-electron chi connectivity index (χ2n) is 5.71. The van der Waals surface area contributed by atoms with Gasteiger partial charge >= 0.3 is 0 Å². The van der Waals surface area contributed by atoms with Crippen molar-refractivity contribution in [2.45, 2.75) is 6.92 Å². The molecule has 0 radical (unpaired) electrons. The number of hydrogen-bond donors (Lipinski definition) is 1. The van der Waals surface area contributed by atoms with Gasteiger partial charge in [0, 0.05) is 16.1 Å². The van der Waals surface area contributed by atoms with Gasteiger partial charge in [-0.1, -0.05) is 35.9 Å². The summed E-state index contributed by atoms with van der Waals surface area (Å²) in [7, 11) is 1.57. The number of benzene rings is 2. The molecule has 1 aromatic heterocycles. The number of pyridine rings is 1. The summed E-state index contributed by atoms with van der Waals surface area (Å²) in [5.74, 6) is 1.36. The Morgan fingerprint density at radius 1 is 1.11 bits per heavy atom. The highest BCUT2D eigenvalue weighted by atomic mass is 35.5. The van der Waals surface area contributed by atoms with Crippen molar-refractivity contribution in [3.05, 3.63) is 59.1 Å². The number of nitrogens with two attached hydrogens (primary N) is 1. The van der Waals surface area contributed by atoms with E-state index in [1.165, 1.54) is 0 Å². The number of aromatic nitrogens is 1. The highest BCUT2D eigenvalue weighted by molar-refractivity contribution is 6.33. The largest absolute Gasteiger partial charge is 0.493 e. The number of halogens is 1. The van der Waals surface area contributed by atoms with Crippen LogP contribution in [0.5, 0.6) is 11.5 Å². The highest BCUT2D eigenvalue weighted by Gasteiger charge is 2.16. The number of nitrogen functional groups attached to an aromatic ring is 1. The second kappa shape index (κ2) is 7.98. The Kier molecular flexibility index (Phi) is 5.49. The Hall–Kier alpha value is -3.23. The lowest BCUT2D eigenvalue weighted by Crippen LogP contribution is -2.01. The summed E-state index contributed by atoms with van der Waals surface area (Å²) in [6, 6.07) is 16.8. The lowest BCUT2D eigenvalue weighted by molar-refractivity contribution is 0.311. The molecule has 0 aliphatic heterocycles. The number of methoxy groups -OCH3 is 1. The van der Waals surface area contributed by atoms with Crippen LogP contribution in [0, 0.1) is 11.3 Å². The summed E-state index contributed by atoms with van der Waals surface area (Å²) in [4.78, 5) is 4.37. The fourth-order valence-corrected chi connectivity index (χ4v) is 3.06. The van der Waals surface area contributed by atoms with Crippen molar-refractivity contribution < 1.29 is 9.47 Å². The van der Waals surface area contributed by atoms with Gasteiger partial charge in [-0.25, -0.2) is 4.98 Å². The van der Waals surface area contributed by atoms with Crippen molar-refractivity contribution in [2.75, 3.05) is 19.5 Å². The number of anilines is 1. The van der Waals surface area contributed by atoms with Crippen LogP contribution in [0.4, 0.5) is 5.82 Å². The van der Waals surface area contributed by atoms with E-state index in [0.29, 0.717) is 39.9 Å². The molecule has 1 heterocycles. The number of hydrogen-bond acceptors (Lipinski definition) is 5. The first-order chi connectivity index (χ1) is 13.1. The second-order valence-corrected chi connectivity index (χ2v) is 6.11. The van der Waals surface area contributed by atoms with Gasteiger partial charge in [0.05, 0.1) is 19.4 Å². The Morgan fingerprint density at radius 3 is 2.56 bits per heavy atom. The molecule has 0 spiro atoms. The molecule has 0 bridgehead atoms. The van der Waals surface area contributed by atoms with Crippen LogP contribution in [0.2, 0.25) is 5.02 Å². The van der Waals surface area contributed by atoms with Gasteiger partial charge in [0.1, 0.15) is 17.5 Å². The fourth-order valence-electron chi connectivity index (χ4n) is 2.83. The molecule has 0 saturated carbocycles. The number of rotatable bonds is 5. The first kappa shape index (κ1) is 18.6. The molecule has 0 atom stereocenters. The van der Waals surface area contributed by atoms with Crippen LogP contribution in [-0.2, 0) is 0 Å². The Labute approximate surface area is 162 Å². The van der Waals surface area contributed by atoms with E-state index >= 15 is 0 Å². The summed E-state index contributed by atoms with van der Waals surface area (Å²) < 4.78 is 11.0. The fraction of sp³-hybridized carbons (Fsp3) is 0.143. The van der Waals surface area contributed by atoms with Gasteiger partial charge in [0.25, 0.3) is 0 Å².